The van der Waals surface area contributed by atoms with E-state index in [-0.39, 0.29) is 48.6 Å². The van der Waals surface area contributed by atoms with Crippen LogP contribution in [0.3, 0.4) is 0 Å². The number of hydrogen-bond acceptors (Lipinski definition) is 23. The van der Waals surface area contributed by atoms with Gasteiger partial charge in [-0.1, -0.05) is 25.7 Å². The Morgan fingerprint density at radius 2 is 1.48 bits per heavy atom. The number of carbonyl (C=O) groups is 2. The number of aliphatic carboxylic acids is 1. The molecule has 344 valence electrons. The van der Waals surface area contributed by atoms with Crippen molar-refractivity contribution >= 4 is 28.0 Å². The Bertz CT molecular complexity index is 1470. The van der Waals surface area contributed by atoms with E-state index in [2.05, 4.69) is 9.73 Å². The molecule has 3 aliphatic rings. The number of carbonyl (C=O) groups excluding carboxylic acids is 1. The maximum Gasteiger partial charge on any atom is 1.00 e. The van der Waals surface area contributed by atoms with Gasteiger partial charge in [-0.25, -0.2) is 4.79 Å². The van der Waals surface area contributed by atoms with Gasteiger partial charge in [0.15, 0.2) is 12.6 Å². The molecule has 16 atom stereocenters. The number of methoxy groups -OCH3 is 1. The van der Waals surface area contributed by atoms with E-state index < -0.39 is 152 Å². The molecular weight excluding hydrogens is 847 g/mol. The van der Waals surface area contributed by atoms with Crippen molar-refractivity contribution < 1.29 is 141 Å². The monoisotopic (exact) mass is 904 g/mol. The molecule has 0 radical (unpaired) electrons. The van der Waals surface area contributed by atoms with Gasteiger partial charge in [0.25, 0.3) is 15.9 Å². The average molecular weight is 905 g/mol. The minimum atomic E-state index is -4.95. The van der Waals surface area contributed by atoms with Gasteiger partial charge >= 0.3 is 41.5 Å². The maximum absolute atomic E-state index is 12.7. The number of aliphatic hydroxyl groups is 9. The molecular formula is C33H57N2NaO23S. The first-order valence-corrected chi connectivity index (χ1v) is 20.4. The Labute approximate surface area is 367 Å². The molecule has 3 fully saturated rings. The topological polar surface area (TPSA) is 417 Å². The predicted octanol–water partition coefficient (Wildman–Crippen LogP) is -9.81. The van der Waals surface area contributed by atoms with E-state index >= 15 is 0 Å². The summed E-state index contributed by atoms with van der Waals surface area (Å²) in [6.07, 6.45) is -22.4. The van der Waals surface area contributed by atoms with E-state index in [1.807, 2.05) is 0 Å². The number of carboxylic acid groups (broad SMARTS) is 1. The number of nitrogens with zero attached hydrogens (tertiary/aromatic N) is 1. The van der Waals surface area contributed by atoms with Crippen LogP contribution < -0.4 is 40.4 Å². The summed E-state index contributed by atoms with van der Waals surface area (Å²) < 4.78 is 70.9. The Morgan fingerprint density at radius 3 is 2.03 bits per heavy atom. The van der Waals surface area contributed by atoms with Gasteiger partial charge in [-0.2, -0.15) is 8.42 Å². The second-order valence-electron chi connectivity index (χ2n) is 14.4. The molecule has 13 N–H and O–H groups in total. The van der Waals surface area contributed by atoms with Crippen molar-refractivity contribution in [3.63, 3.8) is 0 Å². The number of unbranched alkanes of at least 4 members (excludes halogenated alkanes) is 5. The van der Waals surface area contributed by atoms with E-state index in [9.17, 15) is 78.7 Å². The van der Waals surface area contributed by atoms with Crippen molar-refractivity contribution in [3.8, 4) is 0 Å². The van der Waals surface area contributed by atoms with Crippen molar-refractivity contribution in [2.75, 3.05) is 39.3 Å². The molecule has 3 rings (SSSR count). The summed E-state index contributed by atoms with van der Waals surface area (Å²) in [4.78, 5) is 27.7. The molecule has 3 aliphatic heterocycles. The zero-order valence-electron chi connectivity index (χ0n) is 33.1. The molecule has 0 saturated carbocycles. The third-order valence-corrected chi connectivity index (χ3v) is 10.6. The van der Waals surface area contributed by atoms with Crippen LogP contribution in [0, 0.1) is 0 Å². The van der Waals surface area contributed by atoms with Crippen LogP contribution in [-0.2, 0) is 52.9 Å². The first-order chi connectivity index (χ1) is 27.7. The fourth-order valence-corrected chi connectivity index (χ4v) is 7.16. The van der Waals surface area contributed by atoms with Crippen LogP contribution in [0.4, 0.5) is 0 Å². The Kier molecular flexibility index (Phi) is 23.1. The molecule has 0 unspecified atom stereocenters. The number of aliphatic hydroxyl groups excluding tert-OH is 9. The Balaban J connectivity index is 0.0000124. The van der Waals surface area contributed by atoms with Gasteiger partial charge in [0.1, 0.15) is 72.8 Å². The number of esters is 1. The summed E-state index contributed by atoms with van der Waals surface area (Å²) in [5, 5.41) is 118. The van der Waals surface area contributed by atoms with Crippen LogP contribution >= 0.6 is 0 Å². The zero-order chi connectivity index (χ0) is 44.2. The number of hydrogen-bond donors (Lipinski definition) is 12. The van der Waals surface area contributed by atoms with Crippen LogP contribution in [0.5, 0.6) is 0 Å². The fourth-order valence-electron chi connectivity index (χ4n) is 6.77. The van der Waals surface area contributed by atoms with Crippen molar-refractivity contribution in [3.05, 3.63) is 0 Å². The second kappa shape index (κ2) is 25.2. The van der Waals surface area contributed by atoms with Crippen molar-refractivity contribution in [2.45, 2.75) is 149 Å². The SMILES string of the molecule is COC(=O)CCCCCCCCO[C@@H]1O[C@H](CO)[C@@H](O)[C@H](O[C@@H]2O[C@H](CO)[C@H](O)[C@H](O[C@]3(C(=O)O)C[C@H](O)[C@@H](N)[C@H]([C@H](O)[C@H](O)CO)O3)[C@H]2O)[C@H]1N=C([O-])CS(=O)(=O)O.[Na+]. The Hall–Kier alpha value is -1.32. The van der Waals surface area contributed by atoms with E-state index in [0.717, 1.165) is 19.3 Å². The summed E-state index contributed by atoms with van der Waals surface area (Å²) in [5.74, 6) is -8.39. The molecule has 60 heavy (non-hydrogen) atoms. The summed E-state index contributed by atoms with van der Waals surface area (Å²) in [5.41, 5.74) is 5.90. The number of aliphatic imine (C=N–C) groups is 1. The molecule has 0 aromatic rings. The van der Waals surface area contributed by atoms with Gasteiger partial charge in [-0.05, 0) is 18.7 Å². The van der Waals surface area contributed by atoms with E-state index in [4.69, 9.17) is 34.2 Å². The second-order valence-corrected chi connectivity index (χ2v) is 15.8. The van der Waals surface area contributed by atoms with Crippen LogP contribution in [0.15, 0.2) is 4.99 Å². The third kappa shape index (κ3) is 14.9. The van der Waals surface area contributed by atoms with Gasteiger partial charge < -0.3 is 95.1 Å². The predicted molar refractivity (Wildman–Crippen MR) is 190 cm³/mol. The Morgan fingerprint density at radius 1 is 0.917 bits per heavy atom. The molecule has 27 heteroatoms. The molecule has 0 aromatic carbocycles. The van der Waals surface area contributed by atoms with Gasteiger partial charge in [-0.3, -0.25) is 14.3 Å². The van der Waals surface area contributed by atoms with Crippen molar-refractivity contribution in [1.29, 1.82) is 0 Å². The molecule has 3 saturated heterocycles. The van der Waals surface area contributed by atoms with Gasteiger partial charge in [0.2, 0.25) is 0 Å². The molecule has 0 spiro atoms. The number of carboxylic acids is 1. The standard InChI is InChI=1S/C33H58N2O23S.Na/c1-52-20(42)8-6-4-2-3-5-7-9-53-30-22(35-19(41)14-59(49,50)51)28(24(44)17(12-37)54-30)56-31-26(46)29(25(45)18(13-38)55-31)58-33(32(47)48)10-15(39)21(34)27(57-33)23(43)16(40)11-36;/h15-18,21-31,36-40,43-46H,2-14,34H2,1H3,(H,35,41)(H,47,48)(H,49,50,51);/q;+1/p-1/t15-,16+,17+,18+,21+,22+,23+,24+,25-,26+,27+,28+,29-,30+,31-,33-;/m0./s1. The summed E-state index contributed by atoms with van der Waals surface area (Å²) in [7, 11) is -3.65. The van der Waals surface area contributed by atoms with Crippen molar-refractivity contribution in [1.82, 2.24) is 0 Å². The van der Waals surface area contributed by atoms with Gasteiger partial charge in [0.05, 0.1) is 39.1 Å². The summed E-state index contributed by atoms with van der Waals surface area (Å²) in [6.45, 7) is -3.09. The fraction of sp³-hybridized carbons (Fsp3) is 0.909. The largest absolute Gasteiger partial charge is 1.00 e. The zero-order valence-corrected chi connectivity index (χ0v) is 35.9. The van der Waals surface area contributed by atoms with E-state index in [0.29, 0.717) is 19.3 Å². The van der Waals surface area contributed by atoms with E-state index in [1.54, 1.807) is 0 Å². The molecule has 0 amide bonds. The third-order valence-electron chi connectivity index (χ3n) is 10.0. The quantitative estimate of drug-likeness (QED) is 0.0113. The minimum Gasteiger partial charge on any atom is -0.861 e. The van der Waals surface area contributed by atoms with Crippen molar-refractivity contribution in [2.24, 2.45) is 10.7 Å². The minimum absolute atomic E-state index is 0. The molecule has 3 heterocycles. The maximum atomic E-state index is 12.7. The summed E-state index contributed by atoms with van der Waals surface area (Å²) in [6, 6.07) is -3.40. The smallest absolute Gasteiger partial charge is 0.861 e. The first kappa shape index (κ1) is 54.8. The number of ether oxygens (including phenoxy) is 7. The molecule has 0 bridgehead atoms. The normalized spacial score (nSPS) is 36.2. The van der Waals surface area contributed by atoms with E-state index in [1.165, 1.54) is 7.11 Å². The number of nitrogens with two attached hydrogens (primary N) is 1. The van der Waals surface area contributed by atoms with Crippen LogP contribution in [-0.4, -0.2) is 219 Å². The molecule has 0 aromatic heterocycles. The van der Waals surface area contributed by atoms with Gasteiger partial charge in [-0.15, -0.1) is 0 Å². The first-order valence-electron chi connectivity index (χ1n) is 18.8. The average Bonchev–Trinajstić information content (AvgIpc) is 3.18. The van der Waals surface area contributed by atoms with Crippen LogP contribution in [0.1, 0.15) is 51.4 Å². The molecule has 0 aliphatic carbocycles. The van der Waals surface area contributed by atoms with Gasteiger partial charge in [0, 0.05) is 19.4 Å². The van der Waals surface area contributed by atoms with Crippen LogP contribution in [0.2, 0.25) is 0 Å². The summed E-state index contributed by atoms with van der Waals surface area (Å²) >= 11 is 0. The van der Waals surface area contributed by atoms with Crippen LogP contribution in [0.25, 0.3) is 0 Å². The molecule has 25 nitrogen and oxygen atoms in total. The number of rotatable bonds is 23.